The molecule has 0 aromatic heterocycles. The summed E-state index contributed by atoms with van der Waals surface area (Å²) in [6, 6.07) is 18.2. The number of imide groups is 1. The molecule has 1 aliphatic rings. The number of carbonyl (C=O) groups excluding carboxylic acids is 2. The van der Waals surface area contributed by atoms with Crippen LogP contribution in [0, 0.1) is 3.57 Å². The van der Waals surface area contributed by atoms with Crippen molar-refractivity contribution in [1.29, 1.82) is 0 Å². The van der Waals surface area contributed by atoms with Gasteiger partial charge in [0.2, 0.25) is 0 Å². The number of thioether (sulfide) groups is 1. The molecule has 158 valence electrons. The molecule has 2 amide bonds. The first-order chi connectivity index (χ1) is 15.0. The standard InChI is InChI=1S/C24H20INO4S/c1-3-29-20-12-15(13-21-23(27)26(2)24(28)31-21)11-19(25)22(20)30-14-17-9-6-8-16-7-4-5-10-18(16)17/h4-13H,3,14H2,1-2H3/b21-13-. The summed E-state index contributed by atoms with van der Waals surface area (Å²) in [6.07, 6.45) is 1.72. The molecular weight excluding hydrogens is 525 g/mol. The average Bonchev–Trinajstić information content (AvgIpc) is 3.00. The lowest BCUT2D eigenvalue weighted by atomic mass is 10.1. The van der Waals surface area contributed by atoms with Crippen LogP contribution in [0.1, 0.15) is 18.1 Å². The fraction of sp³-hybridized carbons (Fsp3) is 0.167. The second-order valence-electron chi connectivity index (χ2n) is 6.93. The third kappa shape index (κ3) is 4.57. The van der Waals surface area contributed by atoms with Crippen molar-refractivity contribution >= 4 is 62.3 Å². The minimum Gasteiger partial charge on any atom is -0.490 e. The first-order valence-corrected chi connectivity index (χ1v) is 11.6. The zero-order valence-electron chi connectivity index (χ0n) is 17.1. The summed E-state index contributed by atoms with van der Waals surface area (Å²) < 4.78 is 12.9. The van der Waals surface area contributed by atoms with Gasteiger partial charge in [0.05, 0.1) is 15.1 Å². The SMILES string of the molecule is CCOc1cc(/C=C2\SC(=O)N(C)C2=O)cc(I)c1OCc1cccc2ccccc12. The van der Waals surface area contributed by atoms with Gasteiger partial charge in [0, 0.05) is 7.05 Å². The van der Waals surface area contributed by atoms with E-state index in [4.69, 9.17) is 9.47 Å². The number of nitrogens with zero attached hydrogens (tertiary/aromatic N) is 1. The molecule has 0 bridgehead atoms. The fourth-order valence-corrected chi connectivity index (χ4v) is 4.95. The minimum atomic E-state index is -0.292. The monoisotopic (exact) mass is 545 g/mol. The van der Waals surface area contributed by atoms with Gasteiger partial charge in [0.15, 0.2) is 11.5 Å². The molecule has 1 fully saturated rings. The van der Waals surface area contributed by atoms with E-state index in [-0.39, 0.29) is 11.1 Å². The molecule has 3 aromatic carbocycles. The van der Waals surface area contributed by atoms with Crippen molar-refractivity contribution in [1.82, 2.24) is 4.90 Å². The highest BCUT2D eigenvalue weighted by Crippen LogP contribution is 2.38. The van der Waals surface area contributed by atoms with Crippen molar-refractivity contribution in [2.45, 2.75) is 13.5 Å². The molecule has 0 unspecified atom stereocenters. The van der Waals surface area contributed by atoms with E-state index in [1.807, 2.05) is 37.3 Å². The first-order valence-electron chi connectivity index (χ1n) is 9.75. The zero-order chi connectivity index (χ0) is 22.0. The Labute approximate surface area is 198 Å². The number of rotatable bonds is 6. The van der Waals surface area contributed by atoms with Crippen molar-refractivity contribution in [3.05, 3.63) is 74.2 Å². The summed E-state index contributed by atoms with van der Waals surface area (Å²) in [5.41, 5.74) is 1.88. The van der Waals surface area contributed by atoms with Crippen LogP contribution in [-0.4, -0.2) is 29.7 Å². The topological polar surface area (TPSA) is 55.8 Å². The number of amides is 2. The molecule has 1 heterocycles. The van der Waals surface area contributed by atoms with Crippen LogP contribution >= 0.6 is 34.4 Å². The van der Waals surface area contributed by atoms with Gasteiger partial charge in [0.25, 0.3) is 11.1 Å². The van der Waals surface area contributed by atoms with Gasteiger partial charge in [-0.3, -0.25) is 14.5 Å². The maximum Gasteiger partial charge on any atom is 0.293 e. The van der Waals surface area contributed by atoms with E-state index in [0.29, 0.717) is 29.6 Å². The molecule has 3 aromatic rings. The van der Waals surface area contributed by atoms with Gasteiger partial charge in [-0.1, -0.05) is 42.5 Å². The number of benzene rings is 3. The Morgan fingerprint density at radius 1 is 1.06 bits per heavy atom. The van der Waals surface area contributed by atoms with E-state index in [9.17, 15) is 9.59 Å². The number of ether oxygens (including phenoxy) is 2. The molecule has 7 heteroatoms. The molecule has 5 nitrogen and oxygen atoms in total. The van der Waals surface area contributed by atoms with Gasteiger partial charge in [-0.15, -0.1) is 0 Å². The highest BCUT2D eigenvalue weighted by atomic mass is 127. The van der Waals surface area contributed by atoms with Crippen molar-refractivity contribution in [3.63, 3.8) is 0 Å². The summed E-state index contributed by atoms with van der Waals surface area (Å²) in [7, 11) is 1.48. The van der Waals surface area contributed by atoms with Crippen LogP contribution in [0.25, 0.3) is 16.8 Å². The molecule has 0 atom stereocenters. The predicted molar refractivity (Wildman–Crippen MR) is 132 cm³/mol. The van der Waals surface area contributed by atoms with Gasteiger partial charge in [-0.25, -0.2) is 0 Å². The molecule has 0 spiro atoms. The highest BCUT2D eigenvalue weighted by molar-refractivity contribution is 14.1. The number of hydrogen-bond donors (Lipinski definition) is 0. The zero-order valence-corrected chi connectivity index (χ0v) is 20.0. The van der Waals surface area contributed by atoms with E-state index in [2.05, 4.69) is 46.9 Å². The van der Waals surface area contributed by atoms with E-state index < -0.39 is 0 Å². The summed E-state index contributed by atoms with van der Waals surface area (Å²) in [5.74, 6) is 0.979. The smallest absolute Gasteiger partial charge is 0.293 e. The van der Waals surface area contributed by atoms with Crippen LogP contribution in [-0.2, 0) is 11.4 Å². The van der Waals surface area contributed by atoms with Gasteiger partial charge in [0.1, 0.15) is 6.61 Å². The van der Waals surface area contributed by atoms with Crippen molar-refractivity contribution in [3.8, 4) is 11.5 Å². The Morgan fingerprint density at radius 3 is 2.58 bits per heavy atom. The Bertz CT molecular complexity index is 1200. The highest BCUT2D eigenvalue weighted by Gasteiger charge is 2.31. The van der Waals surface area contributed by atoms with E-state index in [0.717, 1.165) is 36.7 Å². The predicted octanol–water partition coefficient (Wildman–Crippen LogP) is 6.09. The molecule has 31 heavy (non-hydrogen) atoms. The number of hydrogen-bond acceptors (Lipinski definition) is 5. The number of halogens is 1. The van der Waals surface area contributed by atoms with Crippen LogP contribution in [0.2, 0.25) is 0 Å². The van der Waals surface area contributed by atoms with E-state index >= 15 is 0 Å². The second kappa shape index (κ2) is 9.32. The molecular formula is C24H20INO4S. The maximum absolute atomic E-state index is 12.2. The Kier molecular flexibility index (Phi) is 6.52. The quantitative estimate of drug-likeness (QED) is 0.277. The number of carbonyl (C=O) groups is 2. The fourth-order valence-electron chi connectivity index (χ4n) is 3.34. The molecule has 1 saturated heterocycles. The molecule has 0 radical (unpaired) electrons. The third-order valence-corrected chi connectivity index (χ3v) is 6.63. The number of likely N-dealkylation sites (N-methyl/N-ethyl adjacent to an activating group) is 1. The summed E-state index contributed by atoms with van der Waals surface area (Å²) in [4.78, 5) is 25.5. The first kappa shape index (κ1) is 21.7. The van der Waals surface area contributed by atoms with Gasteiger partial charge in [-0.2, -0.15) is 0 Å². The normalized spacial score (nSPS) is 15.2. The molecule has 0 saturated carbocycles. The van der Waals surface area contributed by atoms with E-state index in [1.165, 1.54) is 12.4 Å². The summed E-state index contributed by atoms with van der Waals surface area (Å²) in [5, 5.41) is 2.06. The van der Waals surface area contributed by atoms with Crippen molar-refractivity contribution < 1.29 is 19.1 Å². The molecule has 0 N–H and O–H groups in total. The Morgan fingerprint density at radius 2 is 1.84 bits per heavy atom. The molecule has 0 aliphatic carbocycles. The Balaban J connectivity index is 1.64. The molecule has 1 aliphatic heterocycles. The van der Waals surface area contributed by atoms with Crippen LogP contribution in [0.4, 0.5) is 4.79 Å². The minimum absolute atomic E-state index is 0.272. The van der Waals surface area contributed by atoms with Crippen molar-refractivity contribution in [2.75, 3.05) is 13.7 Å². The van der Waals surface area contributed by atoms with E-state index in [1.54, 1.807) is 6.08 Å². The molecule has 4 rings (SSSR count). The second-order valence-corrected chi connectivity index (χ2v) is 9.09. The van der Waals surface area contributed by atoms with Gasteiger partial charge >= 0.3 is 0 Å². The maximum atomic E-state index is 12.2. The largest absolute Gasteiger partial charge is 0.490 e. The lowest BCUT2D eigenvalue weighted by Gasteiger charge is -2.16. The van der Waals surface area contributed by atoms with Crippen LogP contribution in [0.3, 0.4) is 0 Å². The lowest BCUT2D eigenvalue weighted by molar-refractivity contribution is -0.121. The van der Waals surface area contributed by atoms with Crippen molar-refractivity contribution in [2.24, 2.45) is 0 Å². The number of fused-ring (bicyclic) bond motifs is 1. The van der Waals surface area contributed by atoms with Gasteiger partial charge < -0.3 is 9.47 Å². The summed E-state index contributed by atoms with van der Waals surface area (Å²) in [6.45, 7) is 2.80. The average molecular weight is 545 g/mol. The van der Waals surface area contributed by atoms with Crippen LogP contribution < -0.4 is 9.47 Å². The van der Waals surface area contributed by atoms with Crippen LogP contribution in [0.15, 0.2) is 59.5 Å². The lowest BCUT2D eigenvalue weighted by Crippen LogP contribution is -2.22. The Hall–Kier alpha value is -2.52. The summed E-state index contributed by atoms with van der Waals surface area (Å²) >= 11 is 3.15. The third-order valence-electron chi connectivity index (χ3n) is 4.87. The van der Waals surface area contributed by atoms with Crippen LogP contribution in [0.5, 0.6) is 11.5 Å². The van der Waals surface area contributed by atoms with Gasteiger partial charge in [-0.05, 0) is 81.4 Å².